The molecule has 0 spiro atoms. The average Bonchev–Trinajstić information content (AvgIpc) is 3.04. The summed E-state index contributed by atoms with van der Waals surface area (Å²) in [6.45, 7) is 4.10. The topological polar surface area (TPSA) is 50.1 Å². The Morgan fingerprint density at radius 3 is 2.50 bits per heavy atom. The highest BCUT2D eigenvalue weighted by Gasteiger charge is 2.34. The molecular weight excluding hydrogens is 276 g/mol. The van der Waals surface area contributed by atoms with Gasteiger partial charge in [-0.25, -0.2) is 4.68 Å². The van der Waals surface area contributed by atoms with Crippen LogP contribution in [-0.4, -0.2) is 57.1 Å². The van der Waals surface area contributed by atoms with E-state index in [0.717, 1.165) is 36.5 Å². The second kappa shape index (κ2) is 5.35. The molecule has 4 rings (SSSR count). The molecule has 6 nitrogen and oxygen atoms in total. The lowest BCUT2D eigenvalue weighted by atomic mass is 10.1. The minimum atomic E-state index is 0.655. The van der Waals surface area contributed by atoms with Gasteiger partial charge >= 0.3 is 0 Å². The van der Waals surface area contributed by atoms with E-state index in [2.05, 4.69) is 38.2 Å². The maximum atomic E-state index is 4.43. The van der Waals surface area contributed by atoms with Gasteiger partial charge in [-0.05, 0) is 51.4 Å². The Morgan fingerprint density at radius 1 is 1.00 bits per heavy atom. The third-order valence-corrected chi connectivity index (χ3v) is 5.07. The van der Waals surface area contributed by atoms with Crippen molar-refractivity contribution in [2.24, 2.45) is 0 Å². The molecule has 0 aliphatic carbocycles. The minimum absolute atomic E-state index is 0.655. The van der Waals surface area contributed by atoms with E-state index in [1.165, 1.54) is 19.3 Å². The molecule has 6 heteroatoms. The van der Waals surface area contributed by atoms with E-state index in [1.807, 2.05) is 25.3 Å². The first-order valence-corrected chi connectivity index (χ1v) is 8.04. The molecule has 2 bridgehead atoms. The van der Waals surface area contributed by atoms with Crippen molar-refractivity contribution in [1.82, 2.24) is 24.9 Å². The predicted molar refractivity (Wildman–Crippen MR) is 85.3 cm³/mol. The molecule has 4 heterocycles. The molecule has 2 atom stereocenters. The highest BCUT2D eigenvalue weighted by molar-refractivity contribution is 5.40. The van der Waals surface area contributed by atoms with Gasteiger partial charge in [0.2, 0.25) is 0 Å². The first-order chi connectivity index (χ1) is 10.7. The first kappa shape index (κ1) is 13.7. The normalized spacial score (nSPS) is 25.5. The van der Waals surface area contributed by atoms with Gasteiger partial charge in [-0.2, -0.15) is 5.10 Å². The molecule has 22 heavy (non-hydrogen) atoms. The van der Waals surface area contributed by atoms with E-state index in [4.69, 9.17) is 0 Å². The largest absolute Gasteiger partial charge is 0.354 e. The molecule has 0 radical (unpaired) electrons. The summed E-state index contributed by atoms with van der Waals surface area (Å²) in [5.41, 5.74) is 0.984. The maximum absolute atomic E-state index is 4.43. The molecule has 2 aliphatic heterocycles. The lowest BCUT2D eigenvalue weighted by Gasteiger charge is -2.26. The Hall–Kier alpha value is -1.95. The van der Waals surface area contributed by atoms with Crippen molar-refractivity contribution >= 4 is 5.82 Å². The van der Waals surface area contributed by atoms with Crippen LogP contribution in [0.1, 0.15) is 25.0 Å². The third-order valence-electron chi connectivity index (χ3n) is 5.07. The van der Waals surface area contributed by atoms with Crippen LogP contribution in [0.2, 0.25) is 0 Å². The van der Waals surface area contributed by atoms with Crippen LogP contribution >= 0.6 is 0 Å². The number of aromatic nitrogens is 4. The van der Waals surface area contributed by atoms with Crippen LogP contribution in [0.15, 0.2) is 24.4 Å². The summed E-state index contributed by atoms with van der Waals surface area (Å²) in [4.78, 5) is 4.93. The number of fused-ring (bicyclic) bond motifs is 2. The lowest BCUT2D eigenvalue weighted by molar-refractivity contribution is 0.254. The molecule has 2 aliphatic rings. The molecule has 2 fully saturated rings. The highest BCUT2D eigenvalue weighted by atomic mass is 15.4. The fraction of sp³-hybridized carbons (Fsp3) is 0.562. The van der Waals surface area contributed by atoms with Crippen LogP contribution in [0.25, 0.3) is 5.82 Å². The van der Waals surface area contributed by atoms with Crippen molar-refractivity contribution in [1.29, 1.82) is 0 Å². The highest BCUT2D eigenvalue weighted by Crippen LogP contribution is 2.29. The van der Waals surface area contributed by atoms with Gasteiger partial charge < -0.3 is 4.90 Å². The fourth-order valence-corrected chi connectivity index (χ4v) is 3.67. The molecule has 2 aromatic heterocycles. The Morgan fingerprint density at radius 2 is 1.77 bits per heavy atom. The van der Waals surface area contributed by atoms with Crippen molar-refractivity contribution in [3.05, 3.63) is 30.1 Å². The molecule has 2 saturated heterocycles. The smallest absolute Gasteiger partial charge is 0.175 e. The van der Waals surface area contributed by atoms with Gasteiger partial charge in [0.1, 0.15) is 0 Å². The number of nitrogens with zero attached hydrogens (tertiary/aromatic N) is 6. The van der Waals surface area contributed by atoms with E-state index in [9.17, 15) is 0 Å². The van der Waals surface area contributed by atoms with Crippen LogP contribution < -0.4 is 4.90 Å². The van der Waals surface area contributed by atoms with Gasteiger partial charge in [0.25, 0.3) is 0 Å². The van der Waals surface area contributed by atoms with Crippen molar-refractivity contribution in [2.45, 2.75) is 38.3 Å². The zero-order valence-electron chi connectivity index (χ0n) is 13.2. The van der Waals surface area contributed by atoms with Crippen molar-refractivity contribution in [3.8, 4) is 5.82 Å². The van der Waals surface area contributed by atoms with E-state index < -0.39 is 0 Å². The molecule has 2 aromatic rings. The van der Waals surface area contributed by atoms with Crippen molar-refractivity contribution in [2.75, 3.05) is 25.0 Å². The van der Waals surface area contributed by atoms with Crippen LogP contribution in [-0.2, 0) is 0 Å². The summed E-state index contributed by atoms with van der Waals surface area (Å²) >= 11 is 0. The molecule has 0 N–H and O–H groups in total. The zero-order chi connectivity index (χ0) is 15.1. The monoisotopic (exact) mass is 298 g/mol. The minimum Gasteiger partial charge on any atom is -0.354 e. The number of anilines is 1. The van der Waals surface area contributed by atoms with Crippen LogP contribution in [0.5, 0.6) is 0 Å². The van der Waals surface area contributed by atoms with Gasteiger partial charge in [-0.15, -0.1) is 10.2 Å². The average molecular weight is 298 g/mol. The van der Waals surface area contributed by atoms with Crippen molar-refractivity contribution in [3.63, 3.8) is 0 Å². The molecule has 116 valence electrons. The fourth-order valence-electron chi connectivity index (χ4n) is 3.67. The summed E-state index contributed by atoms with van der Waals surface area (Å²) in [5, 5.41) is 13.2. The van der Waals surface area contributed by atoms with Crippen LogP contribution in [0.3, 0.4) is 0 Å². The maximum Gasteiger partial charge on any atom is 0.175 e. The van der Waals surface area contributed by atoms with E-state index in [0.29, 0.717) is 6.04 Å². The summed E-state index contributed by atoms with van der Waals surface area (Å²) in [5.74, 6) is 1.75. The summed E-state index contributed by atoms with van der Waals surface area (Å²) in [6, 6.07) is 7.44. The van der Waals surface area contributed by atoms with Gasteiger partial charge in [0, 0.05) is 31.4 Å². The molecule has 0 unspecified atom stereocenters. The summed E-state index contributed by atoms with van der Waals surface area (Å²) in [6.07, 6.45) is 5.78. The number of likely N-dealkylation sites (N-methyl/N-ethyl adjacent to an activating group) is 1. The lowest BCUT2D eigenvalue weighted by Crippen LogP contribution is -2.37. The SMILES string of the molecule is Cc1ccn(-c2ccc(N3CC[C@H]4CC[C@@H](C3)N4C)nn2)n1. The Labute approximate surface area is 130 Å². The van der Waals surface area contributed by atoms with Gasteiger partial charge in [-0.3, -0.25) is 4.90 Å². The summed E-state index contributed by atoms with van der Waals surface area (Å²) in [7, 11) is 2.26. The first-order valence-electron chi connectivity index (χ1n) is 8.04. The molecule has 0 aromatic carbocycles. The van der Waals surface area contributed by atoms with Gasteiger partial charge in [0.05, 0.1) is 5.69 Å². The molecular formula is C16H22N6. The number of rotatable bonds is 2. The summed E-state index contributed by atoms with van der Waals surface area (Å²) < 4.78 is 1.77. The second-order valence-electron chi connectivity index (χ2n) is 6.44. The molecule has 0 amide bonds. The van der Waals surface area contributed by atoms with E-state index in [-0.39, 0.29) is 0 Å². The van der Waals surface area contributed by atoms with E-state index in [1.54, 1.807) is 4.68 Å². The van der Waals surface area contributed by atoms with E-state index >= 15 is 0 Å². The number of hydrogen-bond donors (Lipinski definition) is 0. The second-order valence-corrected chi connectivity index (χ2v) is 6.44. The standard InChI is InChI=1S/C16H22N6/c1-12-7-10-22(19-12)16-6-5-15(17-18-16)21-9-8-13-3-4-14(11-21)20(13)2/h5-7,10,13-14H,3-4,8-9,11H2,1-2H3/t13-,14+/m1/s1. The molecule has 0 saturated carbocycles. The quantitative estimate of drug-likeness (QED) is 0.843. The zero-order valence-corrected chi connectivity index (χ0v) is 13.2. The number of hydrogen-bond acceptors (Lipinski definition) is 5. The Balaban J connectivity index is 1.53. The van der Waals surface area contributed by atoms with Gasteiger partial charge in [-0.1, -0.05) is 0 Å². The van der Waals surface area contributed by atoms with Crippen molar-refractivity contribution < 1.29 is 0 Å². The predicted octanol–water partition coefficient (Wildman–Crippen LogP) is 1.64. The van der Waals surface area contributed by atoms with Crippen LogP contribution in [0.4, 0.5) is 5.82 Å². The Kier molecular flexibility index (Phi) is 3.33. The van der Waals surface area contributed by atoms with Gasteiger partial charge in [0.15, 0.2) is 11.6 Å². The Bertz CT molecular complexity index is 649. The third kappa shape index (κ3) is 2.37. The number of aryl methyl sites for hydroxylation is 1. The van der Waals surface area contributed by atoms with Crippen LogP contribution in [0, 0.1) is 6.92 Å².